The van der Waals surface area contributed by atoms with Gasteiger partial charge in [-0.1, -0.05) is 18.2 Å². The minimum atomic E-state index is -0.620. The zero-order chi connectivity index (χ0) is 19.8. The van der Waals surface area contributed by atoms with Crippen molar-refractivity contribution in [3.8, 4) is 5.75 Å². The van der Waals surface area contributed by atoms with Crippen molar-refractivity contribution < 1.29 is 28.6 Å². The summed E-state index contributed by atoms with van der Waals surface area (Å²) in [5.74, 6) is -0.791. The van der Waals surface area contributed by atoms with Crippen LogP contribution in [-0.4, -0.2) is 39.2 Å². The first-order valence-electron chi connectivity index (χ1n) is 8.22. The van der Waals surface area contributed by atoms with Gasteiger partial charge in [-0.15, -0.1) is 0 Å². The quantitative estimate of drug-likeness (QED) is 0.753. The van der Waals surface area contributed by atoms with Crippen molar-refractivity contribution in [1.82, 2.24) is 0 Å². The lowest BCUT2D eigenvalue weighted by molar-refractivity contribution is -0.116. The molecule has 2 aromatic rings. The highest BCUT2D eigenvalue weighted by Crippen LogP contribution is 2.20. The molecule has 0 bridgehead atoms. The molecule has 2 aromatic carbocycles. The van der Waals surface area contributed by atoms with Crippen LogP contribution in [0, 0.1) is 0 Å². The van der Waals surface area contributed by atoms with E-state index in [1.54, 1.807) is 7.11 Å². The second-order valence-corrected chi connectivity index (χ2v) is 5.64. The van der Waals surface area contributed by atoms with Crippen molar-refractivity contribution in [3.05, 3.63) is 59.2 Å². The summed E-state index contributed by atoms with van der Waals surface area (Å²) in [5.41, 5.74) is 1.50. The molecule has 0 heterocycles. The SMILES string of the molecule is COC(=O)c1cc(NC(=O)CCc2ccccc2OC)cc(C(=O)OC)c1. The molecule has 0 saturated heterocycles. The Bertz CT molecular complexity index is 812. The average molecular weight is 371 g/mol. The van der Waals surface area contributed by atoms with Crippen molar-refractivity contribution in [3.63, 3.8) is 0 Å². The summed E-state index contributed by atoms with van der Waals surface area (Å²) < 4.78 is 14.6. The summed E-state index contributed by atoms with van der Waals surface area (Å²) in [6, 6.07) is 11.7. The Morgan fingerprint density at radius 1 is 0.889 bits per heavy atom. The molecule has 0 radical (unpaired) electrons. The van der Waals surface area contributed by atoms with Crippen LogP contribution in [0.2, 0.25) is 0 Å². The number of rotatable bonds is 7. The van der Waals surface area contributed by atoms with Gasteiger partial charge < -0.3 is 19.5 Å². The third kappa shape index (κ3) is 5.31. The first-order valence-corrected chi connectivity index (χ1v) is 8.22. The van der Waals surface area contributed by atoms with E-state index in [0.29, 0.717) is 17.9 Å². The van der Waals surface area contributed by atoms with Crippen LogP contribution in [0.5, 0.6) is 5.75 Å². The molecule has 1 N–H and O–H groups in total. The molecule has 0 aliphatic carbocycles. The summed E-state index contributed by atoms with van der Waals surface area (Å²) in [4.78, 5) is 35.9. The van der Waals surface area contributed by atoms with E-state index < -0.39 is 11.9 Å². The molecule has 27 heavy (non-hydrogen) atoms. The van der Waals surface area contributed by atoms with E-state index in [0.717, 1.165) is 5.56 Å². The van der Waals surface area contributed by atoms with Crippen LogP contribution in [0.1, 0.15) is 32.7 Å². The molecule has 2 rings (SSSR count). The van der Waals surface area contributed by atoms with Crippen LogP contribution < -0.4 is 10.1 Å². The predicted molar refractivity (Wildman–Crippen MR) is 99.1 cm³/mol. The minimum absolute atomic E-state index is 0.139. The highest BCUT2D eigenvalue weighted by atomic mass is 16.5. The number of hydrogen-bond donors (Lipinski definition) is 1. The molecule has 0 saturated carbocycles. The van der Waals surface area contributed by atoms with Gasteiger partial charge in [-0.2, -0.15) is 0 Å². The van der Waals surface area contributed by atoms with Gasteiger partial charge in [0.1, 0.15) is 5.75 Å². The number of nitrogens with one attached hydrogen (secondary N) is 1. The normalized spacial score (nSPS) is 10.0. The van der Waals surface area contributed by atoms with Crippen LogP contribution in [0.3, 0.4) is 0 Å². The smallest absolute Gasteiger partial charge is 0.337 e. The summed E-state index contributed by atoms with van der Waals surface area (Å²) in [5, 5.41) is 2.69. The topological polar surface area (TPSA) is 90.9 Å². The van der Waals surface area contributed by atoms with E-state index in [-0.39, 0.29) is 23.5 Å². The highest BCUT2D eigenvalue weighted by Gasteiger charge is 2.15. The van der Waals surface area contributed by atoms with Gasteiger partial charge in [-0.3, -0.25) is 4.79 Å². The molecular weight excluding hydrogens is 350 g/mol. The van der Waals surface area contributed by atoms with Crippen molar-refractivity contribution in [2.24, 2.45) is 0 Å². The fourth-order valence-electron chi connectivity index (χ4n) is 2.55. The summed E-state index contributed by atoms with van der Waals surface area (Å²) >= 11 is 0. The first kappa shape index (κ1) is 20.0. The Morgan fingerprint density at radius 2 is 1.48 bits per heavy atom. The van der Waals surface area contributed by atoms with Gasteiger partial charge in [0.2, 0.25) is 5.91 Å². The van der Waals surface area contributed by atoms with E-state index in [4.69, 9.17) is 4.74 Å². The molecule has 0 atom stereocenters. The van der Waals surface area contributed by atoms with Crippen LogP contribution in [0.25, 0.3) is 0 Å². The number of hydrogen-bond acceptors (Lipinski definition) is 6. The molecule has 0 spiro atoms. The maximum Gasteiger partial charge on any atom is 0.337 e. The Labute approximate surface area is 157 Å². The van der Waals surface area contributed by atoms with Crippen LogP contribution in [-0.2, 0) is 20.7 Å². The van der Waals surface area contributed by atoms with Crippen LogP contribution in [0.15, 0.2) is 42.5 Å². The Kier molecular flexibility index (Phi) is 6.93. The maximum absolute atomic E-state index is 12.3. The fourth-order valence-corrected chi connectivity index (χ4v) is 2.55. The molecule has 1 amide bonds. The first-order chi connectivity index (χ1) is 13.0. The minimum Gasteiger partial charge on any atom is -0.496 e. The van der Waals surface area contributed by atoms with Crippen molar-refractivity contribution in [2.75, 3.05) is 26.6 Å². The maximum atomic E-state index is 12.3. The predicted octanol–water partition coefficient (Wildman–Crippen LogP) is 2.84. The molecule has 0 aliphatic rings. The van der Waals surface area contributed by atoms with Crippen LogP contribution in [0.4, 0.5) is 5.69 Å². The van der Waals surface area contributed by atoms with E-state index in [1.807, 2.05) is 24.3 Å². The number of anilines is 1. The van der Waals surface area contributed by atoms with Gasteiger partial charge in [-0.05, 0) is 36.2 Å². The number of methoxy groups -OCH3 is 3. The van der Waals surface area contributed by atoms with Crippen molar-refractivity contribution in [2.45, 2.75) is 12.8 Å². The number of carbonyl (C=O) groups is 3. The lowest BCUT2D eigenvalue weighted by atomic mass is 10.1. The number of para-hydroxylation sites is 1. The van der Waals surface area contributed by atoms with E-state index in [1.165, 1.54) is 32.4 Å². The monoisotopic (exact) mass is 371 g/mol. The number of esters is 2. The number of carbonyl (C=O) groups excluding carboxylic acids is 3. The number of aryl methyl sites for hydroxylation is 1. The van der Waals surface area contributed by atoms with Gasteiger partial charge in [0.05, 0.1) is 32.5 Å². The van der Waals surface area contributed by atoms with Gasteiger partial charge in [-0.25, -0.2) is 9.59 Å². The standard InChI is InChI=1S/C20H21NO6/c1-25-17-7-5-4-6-13(17)8-9-18(22)21-16-11-14(19(23)26-2)10-15(12-16)20(24)27-3/h4-7,10-12H,8-9H2,1-3H3,(H,21,22). The lowest BCUT2D eigenvalue weighted by Crippen LogP contribution is -2.14. The fraction of sp³-hybridized carbons (Fsp3) is 0.250. The molecule has 0 aliphatic heterocycles. The molecular formula is C20H21NO6. The van der Waals surface area contributed by atoms with Gasteiger partial charge in [0, 0.05) is 12.1 Å². The molecule has 7 heteroatoms. The highest BCUT2D eigenvalue weighted by molar-refractivity contribution is 5.99. The summed E-state index contributed by atoms with van der Waals surface area (Å²) in [6.07, 6.45) is 0.687. The number of benzene rings is 2. The van der Waals surface area contributed by atoms with Crippen molar-refractivity contribution >= 4 is 23.5 Å². The Morgan fingerprint density at radius 3 is 2.04 bits per heavy atom. The molecule has 0 unspecified atom stereocenters. The average Bonchev–Trinajstić information content (AvgIpc) is 2.70. The zero-order valence-corrected chi connectivity index (χ0v) is 15.4. The zero-order valence-electron chi connectivity index (χ0n) is 15.4. The summed E-state index contributed by atoms with van der Waals surface area (Å²) in [6.45, 7) is 0. The van der Waals surface area contributed by atoms with Gasteiger partial charge >= 0.3 is 11.9 Å². The second-order valence-electron chi connectivity index (χ2n) is 5.64. The summed E-state index contributed by atoms with van der Waals surface area (Å²) in [7, 11) is 4.04. The second kappa shape index (κ2) is 9.38. The third-order valence-corrected chi connectivity index (χ3v) is 3.87. The lowest BCUT2D eigenvalue weighted by Gasteiger charge is -2.10. The van der Waals surface area contributed by atoms with Gasteiger partial charge in [0.25, 0.3) is 0 Å². The number of ether oxygens (including phenoxy) is 3. The largest absolute Gasteiger partial charge is 0.496 e. The molecule has 0 aromatic heterocycles. The van der Waals surface area contributed by atoms with E-state index >= 15 is 0 Å². The van der Waals surface area contributed by atoms with Crippen LogP contribution >= 0.6 is 0 Å². The third-order valence-electron chi connectivity index (χ3n) is 3.87. The molecule has 0 fully saturated rings. The van der Waals surface area contributed by atoms with Crippen molar-refractivity contribution in [1.29, 1.82) is 0 Å². The van der Waals surface area contributed by atoms with E-state index in [9.17, 15) is 14.4 Å². The van der Waals surface area contributed by atoms with Gasteiger partial charge in [0.15, 0.2) is 0 Å². The number of amides is 1. The Balaban J connectivity index is 2.14. The molecule has 142 valence electrons. The molecule has 7 nitrogen and oxygen atoms in total. The Hall–Kier alpha value is -3.35. The van der Waals surface area contributed by atoms with E-state index in [2.05, 4.69) is 14.8 Å².